The summed E-state index contributed by atoms with van der Waals surface area (Å²) in [5, 5.41) is 0. The van der Waals surface area contributed by atoms with Crippen LogP contribution in [0, 0.1) is 19.3 Å². The molecule has 0 bridgehead atoms. The highest BCUT2D eigenvalue weighted by Crippen LogP contribution is 2.23. The summed E-state index contributed by atoms with van der Waals surface area (Å²) in [6.07, 6.45) is 5.24. The lowest BCUT2D eigenvalue weighted by molar-refractivity contribution is 0.0784. The molecule has 0 aliphatic rings. The number of carbonyl (C=O) groups excluding carboxylic acids is 1. The summed E-state index contributed by atoms with van der Waals surface area (Å²) in [4.78, 5) is 13.9. The van der Waals surface area contributed by atoms with Gasteiger partial charge >= 0.3 is 0 Å². The van der Waals surface area contributed by atoms with Gasteiger partial charge < -0.3 is 10.6 Å². The molecule has 2 N–H and O–H groups in total. The monoisotopic (exact) mass is 294 g/mol. The zero-order chi connectivity index (χ0) is 13.0. The van der Waals surface area contributed by atoms with Crippen molar-refractivity contribution in [2.75, 3.05) is 18.8 Å². The fourth-order valence-corrected chi connectivity index (χ4v) is 2.01. The van der Waals surface area contributed by atoms with E-state index in [0.29, 0.717) is 24.3 Å². The second-order valence-electron chi connectivity index (χ2n) is 3.69. The van der Waals surface area contributed by atoms with E-state index in [2.05, 4.69) is 21.9 Å². The third kappa shape index (κ3) is 3.01. The van der Waals surface area contributed by atoms with Gasteiger partial charge in [-0.15, -0.1) is 6.42 Å². The van der Waals surface area contributed by atoms with Crippen molar-refractivity contribution in [3.05, 3.63) is 27.7 Å². The molecule has 0 aliphatic heterocycles. The van der Waals surface area contributed by atoms with Gasteiger partial charge in [-0.2, -0.15) is 0 Å². The van der Waals surface area contributed by atoms with E-state index < -0.39 is 0 Å². The van der Waals surface area contributed by atoms with Crippen LogP contribution < -0.4 is 5.73 Å². The Kier molecular flexibility index (Phi) is 4.59. The van der Waals surface area contributed by atoms with Crippen LogP contribution in [-0.2, 0) is 0 Å². The number of nitrogen functional groups attached to an aromatic ring is 1. The maximum atomic E-state index is 12.2. The molecule has 0 fully saturated rings. The van der Waals surface area contributed by atoms with Crippen molar-refractivity contribution in [3.63, 3.8) is 0 Å². The fraction of sp³-hybridized carbons (Fsp3) is 0.308. The Bertz CT molecular complexity index is 477. The molecule has 0 heterocycles. The van der Waals surface area contributed by atoms with E-state index in [4.69, 9.17) is 12.2 Å². The highest BCUT2D eigenvalue weighted by Gasteiger charge is 2.17. The molecule has 17 heavy (non-hydrogen) atoms. The molecule has 1 aromatic rings. The molecule has 0 atom stereocenters. The number of terminal acetylenes is 1. The number of benzene rings is 1. The second kappa shape index (κ2) is 5.74. The van der Waals surface area contributed by atoms with Crippen LogP contribution in [0.4, 0.5) is 5.69 Å². The molecule has 1 aromatic carbocycles. The van der Waals surface area contributed by atoms with Crippen LogP contribution in [0.2, 0.25) is 0 Å². The number of hydrogen-bond donors (Lipinski definition) is 1. The van der Waals surface area contributed by atoms with E-state index in [1.54, 1.807) is 17.0 Å². The lowest BCUT2D eigenvalue weighted by Gasteiger charge is -2.20. The molecule has 0 radical (unpaired) electrons. The minimum atomic E-state index is -0.0871. The van der Waals surface area contributed by atoms with Crippen LogP contribution in [0.3, 0.4) is 0 Å². The van der Waals surface area contributed by atoms with Gasteiger partial charge in [0.15, 0.2) is 0 Å². The van der Waals surface area contributed by atoms with Gasteiger partial charge in [-0.3, -0.25) is 4.79 Å². The van der Waals surface area contributed by atoms with E-state index in [-0.39, 0.29) is 5.91 Å². The molecule has 0 aromatic heterocycles. The number of rotatable bonds is 3. The van der Waals surface area contributed by atoms with Gasteiger partial charge in [0.05, 0.1) is 6.54 Å². The average molecular weight is 295 g/mol. The van der Waals surface area contributed by atoms with Crippen LogP contribution in [0.1, 0.15) is 22.8 Å². The van der Waals surface area contributed by atoms with Crippen molar-refractivity contribution in [3.8, 4) is 12.3 Å². The maximum Gasteiger partial charge on any atom is 0.255 e. The smallest absolute Gasteiger partial charge is 0.255 e. The Morgan fingerprint density at radius 2 is 2.24 bits per heavy atom. The first-order valence-corrected chi connectivity index (χ1v) is 6.08. The Morgan fingerprint density at radius 1 is 1.59 bits per heavy atom. The second-order valence-corrected chi connectivity index (χ2v) is 4.61. The summed E-state index contributed by atoms with van der Waals surface area (Å²) in [5.41, 5.74) is 7.81. The molecule has 4 heteroatoms. The predicted octanol–water partition coefficient (Wildman–Crippen LogP) is 2.44. The first-order chi connectivity index (χ1) is 8.01. The zero-order valence-electron chi connectivity index (χ0n) is 9.96. The van der Waals surface area contributed by atoms with Crippen molar-refractivity contribution in [1.29, 1.82) is 0 Å². The number of anilines is 1. The predicted molar refractivity (Wildman–Crippen MR) is 73.7 cm³/mol. The summed E-state index contributed by atoms with van der Waals surface area (Å²) in [6, 6.07) is 3.55. The standard InChI is InChI=1S/C13H15BrN2O/c1-4-6-16(5-2)13(17)11-7-10(14)8-12(15)9(11)3/h1,7-8H,5-6,15H2,2-3H3. The molecule has 1 amide bonds. The molecule has 1 rings (SSSR count). The van der Waals surface area contributed by atoms with Crippen LogP contribution in [-0.4, -0.2) is 23.9 Å². The van der Waals surface area contributed by atoms with Crippen molar-refractivity contribution in [2.24, 2.45) is 0 Å². The lowest BCUT2D eigenvalue weighted by Crippen LogP contribution is -2.31. The minimum absolute atomic E-state index is 0.0871. The van der Waals surface area contributed by atoms with Gasteiger partial charge in [-0.25, -0.2) is 0 Å². The number of hydrogen-bond acceptors (Lipinski definition) is 2. The van der Waals surface area contributed by atoms with Crippen molar-refractivity contribution in [1.82, 2.24) is 4.90 Å². The number of nitrogens with two attached hydrogens (primary N) is 1. The van der Waals surface area contributed by atoms with Gasteiger partial charge in [0.2, 0.25) is 0 Å². The van der Waals surface area contributed by atoms with Gasteiger partial charge in [0, 0.05) is 22.3 Å². The summed E-state index contributed by atoms with van der Waals surface area (Å²) in [6.45, 7) is 4.61. The first kappa shape index (κ1) is 13.6. The van der Waals surface area contributed by atoms with Gasteiger partial charge in [0.1, 0.15) is 0 Å². The molecule has 0 saturated carbocycles. The Morgan fingerprint density at radius 3 is 2.76 bits per heavy atom. The third-order valence-corrected chi connectivity index (χ3v) is 3.05. The van der Waals surface area contributed by atoms with Gasteiger partial charge in [-0.1, -0.05) is 21.9 Å². The minimum Gasteiger partial charge on any atom is -0.398 e. The molecular weight excluding hydrogens is 280 g/mol. The summed E-state index contributed by atoms with van der Waals surface area (Å²) in [7, 11) is 0. The van der Waals surface area contributed by atoms with E-state index in [9.17, 15) is 4.79 Å². The van der Waals surface area contributed by atoms with Crippen LogP contribution in [0.15, 0.2) is 16.6 Å². The zero-order valence-corrected chi connectivity index (χ0v) is 11.5. The maximum absolute atomic E-state index is 12.2. The van der Waals surface area contributed by atoms with Crippen molar-refractivity contribution >= 4 is 27.5 Å². The normalized spacial score (nSPS) is 9.76. The van der Waals surface area contributed by atoms with Gasteiger partial charge in [-0.05, 0) is 31.5 Å². The largest absolute Gasteiger partial charge is 0.398 e. The summed E-state index contributed by atoms with van der Waals surface area (Å²) in [5.74, 6) is 2.39. The van der Waals surface area contributed by atoms with E-state index in [1.165, 1.54) is 0 Å². The SMILES string of the molecule is C#CCN(CC)C(=O)c1cc(Br)cc(N)c1C. The van der Waals surface area contributed by atoms with Crippen molar-refractivity contribution in [2.45, 2.75) is 13.8 Å². The van der Waals surface area contributed by atoms with Crippen molar-refractivity contribution < 1.29 is 4.79 Å². The quantitative estimate of drug-likeness (QED) is 0.687. The Labute approximate surface area is 110 Å². The highest BCUT2D eigenvalue weighted by molar-refractivity contribution is 9.10. The summed E-state index contributed by atoms with van der Waals surface area (Å²) >= 11 is 3.33. The highest BCUT2D eigenvalue weighted by atomic mass is 79.9. The average Bonchev–Trinajstić information content (AvgIpc) is 2.29. The Balaban J connectivity index is 3.16. The fourth-order valence-electron chi connectivity index (χ4n) is 1.53. The summed E-state index contributed by atoms with van der Waals surface area (Å²) < 4.78 is 0.792. The van der Waals surface area contributed by atoms with E-state index >= 15 is 0 Å². The molecule has 90 valence electrons. The van der Waals surface area contributed by atoms with E-state index in [1.807, 2.05) is 13.8 Å². The first-order valence-electron chi connectivity index (χ1n) is 5.29. The molecule has 0 saturated heterocycles. The number of halogens is 1. The molecule has 0 spiro atoms. The molecular formula is C13H15BrN2O. The number of nitrogens with zero attached hydrogens (tertiary/aromatic N) is 1. The van der Waals surface area contributed by atoms with Crippen LogP contribution in [0.25, 0.3) is 0 Å². The number of carbonyl (C=O) groups is 1. The van der Waals surface area contributed by atoms with Crippen LogP contribution in [0.5, 0.6) is 0 Å². The lowest BCUT2D eigenvalue weighted by atomic mass is 10.1. The number of amides is 1. The molecule has 0 aliphatic carbocycles. The topological polar surface area (TPSA) is 46.3 Å². The third-order valence-electron chi connectivity index (χ3n) is 2.59. The molecule has 3 nitrogen and oxygen atoms in total. The Hall–Kier alpha value is -1.47. The van der Waals surface area contributed by atoms with Gasteiger partial charge in [0.25, 0.3) is 5.91 Å². The van der Waals surface area contributed by atoms with Crippen LogP contribution >= 0.6 is 15.9 Å². The molecule has 0 unspecified atom stereocenters. The van der Waals surface area contributed by atoms with E-state index in [0.717, 1.165) is 10.0 Å².